The van der Waals surface area contributed by atoms with Gasteiger partial charge in [0.1, 0.15) is 10.8 Å². The second kappa shape index (κ2) is 6.26. The summed E-state index contributed by atoms with van der Waals surface area (Å²) < 4.78 is 6.06. The van der Waals surface area contributed by atoms with Crippen LogP contribution in [-0.2, 0) is 17.9 Å². The lowest BCUT2D eigenvalue weighted by molar-refractivity contribution is 0.184. The molecule has 2 aromatic heterocycles. The van der Waals surface area contributed by atoms with Crippen molar-refractivity contribution in [2.24, 2.45) is 0 Å². The number of nitrogens with one attached hydrogen (secondary N) is 1. The van der Waals surface area contributed by atoms with Gasteiger partial charge in [-0.2, -0.15) is 0 Å². The molecule has 0 saturated heterocycles. The first-order valence-electron chi connectivity index (χ1n) is 5.47. The van der Waals surface area contributed by atoms with Gasteiger partial charge < -0.3 is 10.1 Å². The van der Waals surface area contributed by atoms with Crippen LogP contribution in [0, 0.1) is 6.92 Å². The molecule has 4 nitrogen and oxygen atoms in total. The van der Waals surface area contributed by atoms with Crippen LogP contribution in [0.15, 0.2) is 22.1 Å². The Morgan fingerprint density at radius 3 is 3.06 bits per heavy atom. The molecule has 2 aromatic rings. The number of anilines is 1. The van der Waals surface area contributed by atoms with Crippen molar-refractivity contribution in [1.29, 1.82) is 0 Å². The topological polar surface area (TPSA) is 47.0 Å². The molecule has 0 fully saturated rings. The number of hydrogen-bond donors (Lipinski definition) is 1. The van der Waals surface area contributed by atoms with Gasteiger partial charge in [-0.3, -0.25) is 0 Å². The molecular formula is C12H14BrN3OS. The Morgan fingerprint density at radius 2 is 2.33 bits per heavy atom. The zero-order valence-electron chi connectivity index (χ0n) is 10.2. The molecule has 6 heteroatoms. The summed E-state index contributed by atoms with van der Waals surface area (Å²) in [5.41, 5.74) is 2.17. The second-order valence-electron chi connectivity index (χ2n) is 3.84. The van der Waals surface area contributed by atoms with E-state index in [4.69, 9.17) is 4.74 Å². The predicted molar refractivity (Wildman–Crippen MR) is 76.8 cm³/mol. The van der Waals surface area contributed by atoms with E-state index in [0.717, 1.165) is 26.6 Å². The van der Waals surface area contributed by atoms with Crippen molar-refractivity contribution in [3.05, 3.63) is 38.4 Å². The average Bonchev–Trinajstić information content (AvgIpc) is 2.79. The summed E-state index contributed by atoms with van der Waals surface area (Å²) >= 11 is 5.04. The number of methoxy groups -OCH3 is 1. The summed E-state index contributed by atoms with van der Waals surface area (Å²) in [6.07, 6.45) is 1.80. The van der Waals surface area contributed by atoms with E-state index in [-0.39, 0.29) is 0 Å². The number of halogens is 1. The highest BCUT2D eigenvalue weighted by molar-refractivity contribution is 9.10. The van der Waals surface area contributed by atoms with Crippen molar-refractivity contribution in [2.75, 3.05) is 12.4 Å². The summed E-state index contributed by atoms with van der Waals surface area (Å²) in [6, 6.07) is 2.01. The molecule has 0 aromatic carbocycles. The lowest BCUT2D eigenvalue weighted by atomic mass is 10.3. The van der Waals surface area contributed by atoms with Gasteiger partial charge in [0.2, 0.25) is 0 Å². The minimum absolute atomic E-state index is 0.570. The van der Waals surface area contributed by atoms with Crippen LogP contribution >= 0.6 is 27.3 Å². The number of nitrogens with zero attached hydrogens (tertiary/aromatic N) is 2. The van der Waals surface area contributed by atoms with Crippen LogP contribution in [0.25, 0.3) is 0 Å². The molecule has 0 bridgehead atoms. The van der Waals surface area contributed by atoms with Crippen molar-refractivity contribution < 1.29 is 4.74 Å². The average molecular weight is 328 g/mol. The molecule has 0 saturated carbocycles. The van der Waals surface area contributed by atoms with Crippen LogP contribution in [0.1, 0.15) is 16.3 Å². The Bertz CT molecular complexity index is 530. The van der Waals surface area contributed by atoms with E-state index in [9.17, 15) is 0 Å². The summed E-state index contributed by atoms with van der Waals surface area (Å²) in [5, 5.41) is 6.29. The van der Waals surface area contributed by atoms with E-state index < -0.39 is 0 Å². The summed E-state index contributed by atoms with van der Waals surface area (Å²) in [5.74, 6) is 0.858. The molecule has 1 N–H and O–H groups in total. The van der Waals surface area contributed by atoms with Crippen molar-refractivity contribution >= 4 is 33.1 Å². The van der Waals surface area contributed by atoms with Crippen molar-refractivity contribution in [2.45, 2.75) is 20.1 Å². The van der Waals surface area contributed by atoms with Gasteiger partial charge in [-0.05, 0) is 34.5 Å². The van der Waals surface area contributed by atoms with E-state index in [1.807, 2.05) is 18.4 Å². The zero-order chi connectivity index (χ0) is 13.0. The van der Waals surface area contributed by atoms with Crippen molar-refractivity contribution in [1.82, 2.24) is 9.97 Å². The molecule has 0 radical (unpaired) electrons. The van der Waals surface area contributed by atoms with E-state index >= 15 is 0 Å². The van der Waals surface area contributed by atoms with Crippen molar-refractivity contribution in [3.8, 4) is 0 Å². The maximum Gasteiger partial charge on any atom is 0.126 e. The fourth-order valence-electron chi connectivity index (χ4n) is 1.44. The lowest BCUT2D eigenvalue weighted by Crippen LogP contribution is -2.02. The first-order valence-corrected chi connectivity index (χ1v) is 7.14. The third-order valence-electron chi connectivity index (χ3n) is 2.36. The molecule has 0 amide bonds. The molecule has 2 heterocycles. The number of hydrogen-bond acceptors (Lipinski definition) is 5. The molecule has 2 rings (SSSR count). The van der Waals surface area contributed by atoms with Crippen LogP contribution in [0.5, 0.6) is 0 Å². The minimum Gasteiger partial charge on any atom is -0.378 e. The Morgan fingerprint density at radius 1 is 1.50 bits per heavy atom. The monoisotopic (exact) mass is 327 g/mol. The van der Waals surface area contributed by atoms with Crippen LogP contribution in [0.4, 0.5) is 5.82 Å². The maximum atomic E-state index is 5.04. The molecule has 0 aliphatic carbocycles. The molecule has 0 unspecified atom stereocenters. The third kappa shape index (κ3) is 3.51. The molecule has 0 spiro atoms. The van der Waals surface area contributed by atoms with Gasteiger partial charge in [-0.1, -0.05) is 0 Å². The van der Waals surface area contributed by atoms with Gasteiger partial charge in [-0.15, -0.1) is 11.3 Å². The number of rotatable bonds is 5. The number of aromatic nitrogens is 2. The fourth-order valence-corrected chi connectivity index (χ4v) is 2.42. The van der Waals surface area contributed by atoms with Gasteiger partial charge in [-0.25, -0.2) is 9.97 Å². The molecule has 0 aliphatic rings. The van der Waals surface area contributed by atoms with Crippen LogP contribution < -0.4 is 5.32 Å². The number of pyridine rings is 1. The van der Waals surface area contributed by atoms with Gasteiger partial charge >= 0.3 is 0 Å². The highest BCUT2D eigenvalue weighted by atomic mass is 79.9. The Balaban J connectivity index is 1.95. The molecule has 0 aliphatic heterocycles. The molecule has 96 valence electrons. The van der Waals surface area contributed by atoms with Gasteiger partial charge in [0.25, 0.3) is 0 Å². The van der Waals surface area contributed by atoms with Gasteiger partial charge in [0, 0.05) is 23.2 Å². The zero-order valence-corrected chi connectivity index (χ0v) is 12.6. The molecule has 0 atom stereocenters. The quantitative estimate of drug-likeness (QED) is 0.914. The highest BCUT2D eigenvalue weighted by Gasteiger charge is 2.03. The van der Waals surface area contributed by atoms with E-state index in [1.54, 1.807) is 24.6 Å². The molecular weight excluding hydrogens is 314 g/mol. The first-order chi connectivity index (χ1) is 8.69. The number of ether oxygens (including phenoxy) is 1. The SMILES string of the molecule is COCc1nc(CNc2cc(C)c(Br)cn2)cs1. The number of thiazole rings is 1. The van der Waals surface area contributed by atoms with E-state index in [0.29, 0.717) is 13.2 Å². The van der Waals surface area contributed by atoms with Crippen LogP contribution in [0.2, 0.25) is 0 Å². The normalized spacial score (nSPS) is 10.6. The van der Waals surface area contributed by atoms with Gasteiger partial charge in [0.15, 0.2) is 0 Å². The lowest BCUT2D eigenvalue weighted by Gasteiger charge is -2.05. The smallest absolute Gasteiger partial charge is 0.126 e. The third-order valence-corrected chi connectivity index (χ3v) is 4.07. The van der Waals surface area contributed by atoms with E-state index in [1.165, 1.54) is 0 Å². The van der Waals surface area contributed by atoms with Crippen LogP contribution in [0.3, 0.4) is 0 Å². The van der Waals surface area contributed by atoms with E-state index in [2.05, 4.69) is 31.2 Å². The standard InChI is InChI=1S/C12H14BrN3OS/c1-8-3-11(15-5-10(8)13)14-4-9-7-18-12(16-9)6-17-2/h3,5,7H,4,6H2,1-2H3,(H,14,15). The maximum absolute atomic E-state index is 5.04. The second-order valence-corrected chi connectivity index (χ2v) is 5.63. The minimum atomic E-state index is 0.570. The summed E-state index contributed by atoms with van der Waals surface area (Å²) in [6.45, 7) is 3.28. The summed E-state index contributed by atoms with van der Waals surface area (Å²) in [7, 11) is 1.67. The Labute approximate surface area is 119 Å². The predicted octanol–water partition coefficient (Wildman–Crippen LogP) is 3.37. The Hall–Kier alpha value is -0.980. The number of aryl methyl sites for hydroxylation is 1. The largest absolute Gasteiger partial charge is 0.378 e. The first kappa shape index (κ1) is 13.5. The van der Waals surface area contributed by atoms with Crippen molar-refractivity contribution in [3.63, 3.8) is 0 Å². The van der Waals surface area contributed by atoms with Gasteiger partial charge in [0.05, 0.1) is 18.8 Å². The summed E-state index contributed by atoms with van der Waals surface area (Å²) in [4.78, 5) is 8.74. The van der Waals surface area contributed by atoms with Crippen LogP contribution in [-0.4, -0.2) is 17.1 Å². The highest BCUT2D eigenvalue weighted by Crippen LogP contribution is 2.18. The molecule has 18 heavy (non-hydrogen) atoms. The Kier molecular flexibility index (Phi) is 4.68. The fraction of sp³-hybridized carbons (Fsp3) is 0.333.